The Morgan fingerprint density at radius 1 is 1.32 bits per heavy atom. The molecule has 3 atom stereocenters. The summed E-state index contributed by atoms with van der Waals surface area (Å²) in [5, 5.41) is 3.08. The number of amides is 1. The van der Waals surface area contributed by atoms with Crippen molar-refractivity contribution in [2.45, 2.75) is 43.9 Å². The number of benzene rings is 1. The van der Waals surface area contributed by atoms with E-state index in [-0.39, 0.29) is 30.0 Å². The first-order chi connectivity index (χ1) is 12.1. The summed E-state index contributed by atoms with van der Waals surface area (Å²) in [6, 6.07) is 10.5. The van der Waals surface area contributed by atoms with Gasteiger partial charge in [0.05, 0.1) is 7.11 Å². The van der Waals surface area contributed by atoms with Gasteiger partial charge in [-0.2, -0.15) is 0 Å². The third-order valence-corrected chi connectivity index (χ3v) is 5.49. The van der Waals surface area contributed by atoms with Crippen LogP contribution in [0.5, 0.6) is 0 Å². The van der Waals surface area contributed by atoms with Gasteiger partial charge in [0.15, 0.2) is 0 Å². The number of ether oxygens (including phenoxy) is 1. The summed E-state index contributed by atoms with van der Waals surface area (Å²) in [6.45, 7) is 2.28. The molecule has 2 heterocycles. The minimum absolute atomic E-state index is 0.103. The van der Waals surface area contributed by atoms with Crippen molar-refractivity contribution in [3.8, 4) is 0 Å². The first-order valence-corrected chi connectivity index (χ1v) is 8.94. The Balaban J connectivity index is 1.69. The van der Waals surface area contributed by atoms with Gasteiger partial charge in [-0.3, -0.25) is 19.4 Å². The SMILES string of the molecule is COC(=O)CCC1CNC(=O)C2C(CCN2Cc2ccccc2)N1C. The summed E-state index contributed by atoms with van der Waals surface area (Å²) in [5.41, 5.74) is 1.23. The molecule has 2 saturated heterocycles. The molecule has 0 saturated carbocycles. The van der Waals surface area contributed by atoms with Crippen molar-refractivity contribution >= 4 is 11.9 Å². The number of hydrogen-bond acceptors (Lipinski definition) is 5. The van der Waals surface area contributed by atoms with E-state index in [2.05, 4.69) is 34.3 Å². The quantitative estimate of drug-likeness (QED) is 0.807. The smallest absolute Gasteiger partial charge is 0.305 e. The molecule has 1 aromatic carbocycles. The van der Waals surface area contributed by atoms with Gasteiger partial charge in [0.1, 0.15) is 6.04 Å². The molecule has 0 aliphatic carbocycles. The average molecular weight is 345 g/mol. The van der Waals surface area contributed by atoms with Gasteiger partial charge in [-0.15, -0.1) is 0 Å². The van der Waals surface area contributed by atoms with Crippen LogP contribution < -0.4 is 5.32 Å². The van der Waals surface area contributed by atoms with Crippen LogP contribution in [0.3, 0.4) is 0 Å². The van der Waals surface area contributed by atoms with Crippen LogP contribution in [0.25, 0.3) is 0 Å². The van der Waals surface area contributed by atoms with E-state index in [4.69, 9.17) is 4.74 Å². The maximum absolute atomic E-state index is 12.7. The Labute approximate surface area is 149 Å². The zero-order valence-corrected chi connectivity index (χ0v) is 15.0. The molecule has 136 valence electrons. The van der Waals surface area contributed by atoms with E-state index < -0.39 is 0 Å². The first kappa shape index (κ1) is 17.9. The van der Waals surface area contributed by atoms with Gasteiger partial charge in [-0.05, 0) is 25.5 Å². The first-order valence-electron chi connectivity index (χ1n) is 8.94. The number of fused-ring (bicyclic) bond motifs is 1. The van der Waals surface area contributed by atoms with Gasteiger partial charge in [0.25, 0.3) is 0 Å². The Morgan fingerprint density at radius 3 is 2.80 bits per heavy atom. The molecular formula is C19H27N3O3. The van der Waals surface area contributed by atoms with Crippen LogP contribution >= 0.6 is 0 Å². The van der Waals surface area contributed by atoms with Crippen LogP contribution in [-0.2, 0) is 20.9 Å². The van der Waals surface area contributed by atoms with Crippen LogP contribution in [0, 0.1) is 0 Å². The van der Waals surface area contributed by atoms with E-state index in [0.717, 1.165) is 19.5 Å². The topological polar surface area (TPSA) is 61.9 Å². The summed E-state index contributed by atoms with van der Waals surface area (Å²) in [7, 11) is 3.49. The molecule has 6 heteroatoms. The number of methoxy groups -OCH3 is 1. The van der Waals surface area contributed by atoms with E-state index in [1.165, 1.54) is 12.7 Å². The van der Waals surface area contributed by atoms with E-state index >= 15 is 0 Å². The Bertz CT molecular complexity index is 607. The standard InChI is InChI=1S/C19H27N3O3/c1-21-15(8-9-17(23)25-2)12-20-19(24)18-16(21)10-11-22(18)13-14-6-4-3-5-7-14/h3-7,15-16,18H,8-13H2,1-2H3,(H,20,24). The molecule has 25 heavy (non-hydrogen) atoms. The molecule has 2 fully saturated rings. The fourth-order valence-corrected chi connectivity index (χ4v) is 4.03. The number of carbonyl (C=O) groups is 2. The second kappa shape index (κ2) is 7.97. The van der Waals surface area contributed by atoms with Gasteiger partial charge in [0.2, 0.25) is 5.91 Å². The number of likely N-dealkylation sites (N-methyl/N-ethyl adjacent to an activating group) is 1. The minimum atomic E-state index is -0.197. The van der Waals surface area contributed by atoms with Crippen LogP contribution in [0.1, 0.15) is 24.8 Å². The van der Waals surface area contributed by atoms with E-state index in [1.54, 1.807) is 0 Å². The predicted octanol–water partition coefficient (Wildman–Crippen LogP) is 1.01. The van der Waals surface area contributed by atoms with Crippen LogP contribution in [0.15, 0.2) is 30.3 Å². The van der Waals surface area contributed by atoms with Gasteiger partial charge < -0.3 is 10.1 Å². The molecular weight excluding hydrogens is 318 g/mol. The van der Waals surface area contributed by atoms with Crippen molar-refractivity contribution in [3.63, 3.8) is 0 Å². The fraction of sp³-hybridized carbons (Fsp3) is 0.579. The molecule has 1 N–H and O–H groups in total. The number of nitrogens with zero attached hydrogens (tertiary/aromatic N) is 2. The molecule has 3 unspecified atom stereocenters. The average Bonchev–Trinajstić information content (AvgIpc) is 3.00. The van der Waals surface area contributed by atoms with Crippen LogP contribution in [0.4, 0.5) is 0 Å². The molecule has 3 rings (SSSR count). The van der Waals surface area contributed by atoms with Crippen molar-refractivity contribution in [2.75, 3.05) is 27.2 Å². The highest BCUT2D eigenvalue weighted by molar-refractivity contribution is 5.83. The van der Waals surface area contributed by atoms with E-state index in [9.17, 15) is 9.59 Å². The zero-order valence-electron chi connectivity index (χ0n) is 15.0. The summed E-state index contributed by atoms with van der Waals surface area (Å²) in [5.74, 6) is -0.0940. The molecule has 1 amide bonds. The van der Waals surface area contributed by atoms with Crippen molar-refractivity contribution in [2.24, 2.45) is 0 Å². The summed E-state index contributed by atoms with van der Waals surface area (Å²) in [6.07, 6.45) is 2.05. The summed E-state index contributed by atoms with van der Waals surface area (Å²) < 4.78 is 4.75. The largest absolute Gasteiger partial charge is 0.469 e. The van der Waals surface area contributed by atoms with Crippen molar-refractivity contribution < 1.29 is 14.3 Å². The fourth-order valence-electron chi connectivity index (χ4n) is 4.03. The second-order valence-corrected chi connectivity index (χ2v) is 6.94. The van der Waals surface area contributed by atoms with Crippen molar-refractivity contribution in [3.05, 3.63) is 35.9 Å². The zero-order chi connectivity index (χ0) is 17.8. The maximum Gasteiger partial charge on any atom is 0.305 e. The number of hydrogen-bond donors (Lipinski definition) is 1. The highest BCUT2D eigenvalue weighted by Crippen LogP contribution is 2.28. The lowest BCUT2D eigenvalue weighted by atomic mass is 10.0. The maximum atomic E-state index is 12.7. The van der Waals surface area contributed by atoms with Gasteiger partial charge in [-0.25, -0.2) is 0 Å². The lowest BCUT2D eigenvalue weighted by Crippen LogP contribution is -2.49. The number of esters is 1. The molecule has 2 aliphatic heterocycles. The Kier molecular flexibility index (Phi) is 5.71. The van der Waals surface area contributed by atoms with Crippen molar-refractivity contribution in [1.29, 1.82) is 0 Å². The number of likely N-dealkylation sites (tertiary alicyclic amines) is 1. The normalized spacial score (nSPS) is 27.4. The Morgan fingerprint density at radius 2 is 2.08 bits per heavy atom. The number of nitrogens with one attached hydrogen (secondary N) is 1. The van der Waals surface area contributed by atoms with Crippen LogP contribution in [0.2, 0.25) is 0 Å². The summed E-state index contributed by atoms with van der Waals surface area (Å²) >= 11 is 0. The highest BCUT2D eigenvalue weighted by atomic mass is 16.5. The van der Waals surface area contributed by atoms with E-state index in [0.29, 0.717) is 19.4 Å². The number of carbonyl (C=O) groups excluding carboxylic acids is 2. The van der Waals surface area contributed by atoms with Gasteiger partial charge >= 0.3 is 5.97 Å². The van der Waals surface area contributed by atoms with Gasteiger partial charge in [0, 0.05) is 38.1 Å². The molecule has 1 aromatic rings. The Hall–Kier alpha value is -1.92. The molecule has 0 spiro atoms. The molecule has 6 nitrogen and oxygen atoms in total. The van der Waals surface area contributed by atoms with Crippen LogP contribution in [-0.4, -0.2) is 67.0 Å². The number of rotatable bonds is 5. The lowest BCUT2D eigenvalue weighted by molar-refractivity contribution is -0.141. The molecule has 0 aromatic heterocycles. The minimum Gasteiger partial charge on any atom is -0.469 e. The predicted molar refractivity (Wildman–Crippen MR) is 94.9 cm³/mol. The molecule has 0 radical (unpaired) electrons. The highest BCUT2D eigenvalue weighted by Gasteiger charge is 2.44. The van der Waals surface area contributed by atoms with Crippen molar-refractivity contribution in [1.82, 2.24) is 15.1 Å². The van der Waals surface area contributed by atoms with Gasteiger partial charge in [-0.1, -0.05) is 30.3 Å². The second-order valence-electron chi connectivity index (χ2n) is 6.94. The molecule has 0 bridgehead atoms. The monoisotopic (exact) mass is 345 g/mol. The third kappa shape index (κ3) is 4.02. The third-order valence-electron chi connectivity index (χ3n) is 5.49. The lowest BCUT2D eigenvalue weighted by Gasteiger charge is -2.33. The summed E-state index contributed by atoms with van der Waals surface area (Å²) in [4.78, 5) is 28.7. The molecule has 2 aliphatic rings. The van der Waals surface area contributed by atoms with E-state index in [1.807, 2.05) is 18.2 Å².